The molecule has 0 spiro atoms. The SMILES string of the molecule is Cc1c(F)c(N)cc(-c2nc3c4c(nc(=O)[nH]c4c2F)NCCNCCC(C)O3)c1C(F)(F)F. The summed E-state index contributed by atoms with van der Waals surface area (Å²) in [5.74, 6) is -2.80. The fraction of sp³-hybridized carbons (Fsp3) is 0.381. The smallest absolute Gasteiger partial charge is 0.417 e. The number of hydrogen-bond donors (Lipinski definition) is 4. The maximum atomic E-state index is 15.7. The van der Waals surface area contributed by atoms with Crippen LogP contribution < -0.4 is 26.8 Å². The standard InChI is InChI=1S/C21H21F5N6O2/c1-8-3-4-28-5-6-29-18-12-17(31-20(33)32-18)15(23)16(30-19(12)34-8)10-7-11(27)14(22)9(2)13(10)21(24,25)26/h7-8,28H,3-6,27H2,1-2H3,(H2,29,31,32,33). The summed E-state index contributed by atoms with van der Waals surface area (Å²) in [6, 6.07) is 0.673. The lowest BCUT2D eigenvalue weighted by Gasteiger charge is -2.20. The van der Waals surface area contributed by atoms with Gasteiger partial charge in [0.05, 0.1) is 22.9 Å². The molecule has 34 heavy (non-hydrogen) atoms. The van der Waals surface area contributed by atoms with E-state index in [1.807, 2.05) is 0 Å². The number of halogens is 5. The molecule has 1 aliphatic rings. The van der Waals surface area contributed by atoms with Crippen LogP contribution in [0.4, 0.5) is 33.5 Å². The van der Waals surface area contributed by atoms with E-state index in [2.05, 4.69) is 25.6 Å². The van der Waals surface area contributed by atoms with E-state index in [9.17, 15) is 22.4 Å². The van der Waals surface area contributed by atoms with Gasteiger partial charge in [0.25, 0.3) is 0 Å². The number of nitrogens with one attached hydrogen (secondary N) is 3. The van der Waals surface area contributed by atoms with Gasteiger partial charge in [0.2, 0.25) is 5.88 Å². The van der Waals surface area contributed by atoms with Gasteiger partial charge in [0.15, 0.2) is 5.82 Å². The predicted molar refractivity (Wildman–Crippen MR) is 116 cm³/mol. The summed E-state index contributed by atoms with van der Waals surface area (Å²) in [5.41, 5.74) is -0.219. The Morgan fingerprint density at radius 1 is 1.15 bits per heavy atom. The molecule has 2 aromatic heterocycles. The van der Waals surface area contributed by atoms with E-state index in [1.165, 1.54) is 0 Å². The highest BCUT2D eigenvalue weighted by Gasteiger charge is 2.39. The largest absolute Gasteiger partial charge is 0.474 e. The van der Waals surface area contributed by atoms with Gasteiger partial charge in [-0.05, 0) is 38.4 Å². The van der Waals surface area contributed by atoms with Crippen molar-refractivity contribution in [2.45, 2.75) is 32.5 Å². The van der Waals surface area contributed by atoms with Crippen molar-refractivity contribution in [2.75, 3.05) is 30.7 Å². The molecule has 1 aliphatic heterocycles. The first-order valence-electron chi connectivity index (χ1n) is 10.4. The van der Waals surface area contributed by atoms with E-state index >= 15 is 4.39 Å². The molecule has 4 rings (SSSR count). The number of hydrogen-bond acceptors (Lipinski definition) is 7. The fourth-order valence-electron chi connectivity index (χ4n) is 3.88. The Morgan fingerprint density at radius 2 is 1.88 bits per heavy atom. The predicted octanol–water partition coefficient (Wildman–Crippen LogP) is 3.35. The zero-order chi connectivity index (χ0) is 24.8. The topological polar surface area (TPSA) is 118 Å². The van der Waals surface area contributed by atoms with Crippen molar-refractivity contribution >= 4 is 22.4 Å². The third-order valence-electron chi connectivity index (χ3n) is 5.49. The van der Waals surface area contributed by atoms with Crippen molar-refractivity contribution in [3.8, 4) is 17.1 Å². The van der Waals surface area contributed by atoms with Crippen LogP contribution in [0.3, 0.4) is 0 Å². The Balaban J connectivity index is 2.10. The Morgan fingerprint density at radius 3 is 2.59 bits per heavy atom. The number of rotatable bonds is 1. The van der Waals surface area contributed by atoms with Gasteiger partial charge in [0, 0.05) is 18.7 Å². The van der Waals surface area contributed by atoms with Crippen molar-refractivity contribution in [1.29, 1.82) is 0 Å². The molecule has 0 aliphatic carbocycles. The molecule has 0 saturated heterocycles. The molecule has 0 amide bonds. The van der Waals surface area contributed by atoms with Gasteiger partial charge in [-0.15, -0.1) is 0 Å². The first-order valence-corrected chi connectivity index (χ1v) is 10.4. The van der Waals surface area contributed by atoms with E-state index in [-0.39, 0.29) is 17.1 Å². The van der Waals surface area contributed by atoms with E-state index < -0.39 is 63.2 Å². The Kier molecular flexibility index (Phi) is 6.06. The van der Waals surface area contributed by atoms with Crippen LogP contribution in [0.25, 0.3) is 22.2 Å². The summed E-state index contributed by atoms with van der Waals surface area (Å²) < 4.78 is 77.6. The number of H-pyrrole nitrogens is 1. The van der Waals surface area contributed by atoms with Crippen LogP contribution >= 0.6 is 0 Å². The van der Waals surface area contributed by atoms with Crippen LogP contribution in [0.15, 0.2) is 10.9 Å². The third-order valence-corrected chi connectivity index (χ3v) is 5.49. The van der Waals surface area contributed by atoms with E-state index in [0.29, 0.717) is 32.1 Å². The third kappa shape index (κ3) is 4.22. The number of aromatic nitrogens is 3. The molecule has 0 fully saturated rings. The van der Waals surface area contributed by atoms with Gasteiger partial charge in [-0.25, -0.2) is 18.6 Å². The summed E-state index contributed by atoms with van der Waals surface area (Å²) in [4.78, 5) is 22.3. The Bertz CT molecular complexity index is 1320. The fourth-order valence-corrected chi connectivity index (χ4v) is 3.88. The summed E-state index contributed by atoms with van der Waals surface area (Å²) in [6.45, 7) is 4.01. The summed E-state index contributed by atoms with van der Waals surface area (Å²) >= 11 is 0. The van der Waals surface area contributed by atoms with Crippen molar-refractivity contribution in [1.82, 2.24) is 20.3 Å². The number of alkyl halides is 3. The van der Waals surface area contributed by atoms with Crippen molar-refractivity contribution in [2.24, 2.45) is 0 Å². The van der Waals surface area contributed by atoms with E-state index in [4.69, 9.17) is 10.5 Å². The number of anilines is 2. The summed E-state index contributed by atoms with van der Waals surface area (Å²) in [7, 11) is 0. The second-order valence-corrected chi connectivity index (χ2v) is 7.94. The molecular formula is C21H21F5N6O2. The molecule has 8 nitrogen and oxygen atoms in total. The molecule has 3 heterocycles. The average molecular weight is 484 g/mol. The second-order valence-electron chi connectivity index (χ2n) is 7.94. The molecule has 3 aromatic rings. The van der Waals surface area contributed by atoms with E-state index in [0.717, 1.165) is 6.92 Å². The van der Waals surface area contributed by atoms with Gasteiger partial charge in [0.1, 0.15) is 22.7 Å². The number of nitrogens with two attached hydrogens (primary N) is 1. The van der Waals surface area contributed by atoms with Crippen LogP contribution in [0.1, 0.15) is 24.5 Å². The highest BCUT2D eigenvalue weighted by molar-refractivity contribution is 5.96. The lowest BCUT2D eigenvalue weighted by molar-refractivity contribution is -0.137. The minimum Gasteiger partial charge on any atom is -0.474 e. The van der Waals surface area contributed by atoms with Crippen LogP contribution in [-0.4, -0.2) is 40.7 Å². The minimum atomic E-state index is -5.05. The molecule has 1 unspecified atom stereocenters. The number of ether oxygens (including phenoxy) is 1. The minimum absolute atomic E-state index is 0.0324. The lowest BCUT2D eigenvalue weighted by Crippen LogP contribution is -2.26. The zero-order valence-corrected chi connectivity index (χ0v) is 18.2. The Hall–Kier alpha value is -3.48. The maximum absolute atomic E-state index is 15.7. The maximum Gasteiger partial charge on any atom is 0.417 e. The van der Waals surface area contributed by atoms with E-state index in [1.54, 1.807) is 6.92 Å². The van der Waals surface area contributed by atoms with Crippen LogP contribution in [0.5, 0.6) is 5.88 Å². The average Bonchev–Trinajstić information content (AvgIpc) is 2.77. The zero-order valence-electron chi connectivity index (χ0n) is 18.2. The highest BCUT2D eigenvalue weighted by Crippen LogP contribution is 2.44. The number of aromatic amines is 1. The number of benzene rings is 1. The molecule has 5 N–H and O–H groups in total. The quantitative estimate of drug-likeness (QED) is 0.309. The molecule has 182 valence electrons. The van der Waals surface area contributed by atoms with Crippen molar-refractivity contribution in [3.05, 3.63) is 39.3 Å². The first-order chi connectivity index (χ1) is 16.0. The summed E-state index contributed by atoms with van der Waals surface area (Å²) in [5, 5.41) is 6.02. The van der Waals surface area contributed by atoms with Crippen molar-refractivity contribution in [3.63, 3.8) is 0 Å². The molecule has 0 bridgehead atoms. The summed E-state index contributed by atoms with van der Waals surface area (Å²) in [6.07, 6.45) is -5.01. The number of nitrogen functional groups attached to an aromatic ring is 1. The van der Waals surface area contributed by atoms with Crippen LogP contribution in [0, 0.1) is 18.6 Å². The lowest BCUT2D eigenvalue weighted by atomic mass is 9.96. The van der Waals surface area contributed by atoms with Gasteiger partial charge in [-0.3, -0.25) is 0 Å². The molecular weight excluding hydrogens is 463 g/mol. The molecule has 1 aromatic carbocycles. The molecule has 0 radical (unpaired) electrons. The van der Waals surface area contributed by atoms with Crippen LogP contribution in [-0.2, 0) is 6.18 Å². The molecule has 1 atom stereocenters. The number of nitrogens with zero attached hydrogens (tertiary/aromatic N) is 2. The second kappa shape index (κ2) is 8.70. The molecule has 13 heteroatoms. The number of pyridine rings is 1. The van der Waals surface area contributed by atoms with Crippen molar-refractivity contribution < 1.29 is 26.7 Å². The van der Waals surface area contributed by atoms with Crippen LogP contribution in [0.2, 0.25) is 0 Å². The van der Waals surface area contributed by atoms with Gasteiger partial charge >= 0.3 is 11.9 Å². The molecule has 0 saturated carbocycles. The Labute approximate surface area is 189 Å². The van der Waals surface area contributed by atoms with Gasteiger partial charge < -0.3 is 26.1 Å². The highest BCUT2D eigenvalue weighted by atomic mass is 19.4. The normalized spacial score (nSPS) is 17.1. The first kappa shape index (κ1) is 23.7. The monoisotopic (exact) mass is 484 g/mol. The van der Waals surface area contributed by atoms with Gasteiger partial charge in [-0.2, -0.15) is 18.2 Å². The van der Waals surface area contributed by atoms with Gasteiger partial charge in [-0.1, -0.05) is 0 Å².